The minimum absolute atomic E-state index is 0.255. The Labute approximate surface area is 48.5 Å². The zero-order valence-corrected chi connectivity index (χ0v) is 4.72. The van der Waals surface area contributed by atoms with Gasteiger partial charge in [-0.1, -0.05) is 12.8 Å². The maximum Gasteiger partial charge on any atom is 0.355 e. The lowest BCUT2D eigenvalue weighted by atomic mass is 10.2. The summed E-state index contributed by atoms with van der Waals surface area (Å²) >= 11 is 0. The highest BCUT2D eigenvalue weighted by atomic mass is 16.4. The predicted octanol–water partition coefficient (Wildman–Crippen LogP) is 1.13. The van der Waals surface area contributed by atoms with Crippen LogP contribution in [0.1, 0.15) is 25.7 Å². The van der Waals surface area contributed by atoms with Gasteiger partial charge in [0, 0.05) is 0 Å². The normalized spacial score (nSPS) is 18.5. The molecule has 1 radical (unpaired) electrons. The highest BCUT2D eigenvalue weighted by molar-refractivity contribution is 5.66. The van der Waals surface area contributed by atoms with Gasteiger partial charge in [0.05, 0.1) is 6.42 Å². The van der Waals surface area contributed by atoms with E-state index in [1.807, 2.05) is 0 Å². The lowest BCUT2D eigenvalue weighted by molar-refractivity contribution is -0.143. The van der Waals surface area contributed by atoms with Gasteiger partial charge in [-0.05, 0) is 12.3 Å². The van der Waals surface area contributed by atoms with Crippen LogP contribution in [0, 0.1) is 5.92 Å². The molecule has 8 heavy (non-hydrogen) atoms. The molecule has 1 rings (SSSR count). The molecule has 0 spiro atoms. The van der Waals surface area contributed by atoms with Gasteiger partial charge in [0.15, 0.2) is 0 Å². The van der Waals surface area contributed by atoms with Crippen molar-refractivity contribution in [3.05, 3.63) is 0 Å². The molecule has 0 heterocycles. The fourth-order valence-electron chi connectivity index (χ4n) is 0.729. The van der Waals surface area contributed by atoms with Crippen molar-refractivity contribution < 1.29 is 9.90 Å². The lowest BCUT2D eigenvalue weighted by Crippen LogP contribution is -1.91. The van der Waals surface area contributed by atoms with Gasteiger partial charge in [-0.3, -0.25) is 0 Å². The Bertz CT molecular complexity index is 94.7. The van der Waals surface area contributed by atoms with Gasteiger partial charge in [0.1, 0.15) is 0 Å². The summed E-state index contributed by atoms with van der Waals surface area (Å²) in [6.45, 7) is 0. The molecular weight excluding hydrogens is 104 g/mol. The van der Waals surface area contributed by atoms with Crippen molar-refractivity contribution in [2.45, 2.75) is 25.7 Å². The van der Waals surface area contributed by atoms with Crippen LogP contribution in [0.25, 0.3) is 0 Å². The van der Waals surface area contributed by atoms with Crippen LogP contribution >= 0.6 is 0 Å². The van der Waals surface area contributed by atoms with E-state index >= 15 is 0 Å². The second-order valence-corrected chi connectivity index (χ2v) is 2.35. The average Bonchev–Trinajstić information content (AvgIpc) is 2.41. The second kappa shape index (κ2) is 2.16. The van der Waals surface area contributed by atoms with Crippen molar-refractivity contribution in [2.75, 3.05) is 0 Å². The SMILES string of the molecule is [O]C(=O)CCC1CC1. The summed E-state index contributed by atoms with van der Waals surface area (Å²) in [5, 5.41) is 9.82. The molecule has 0 atom stereocenters. The van der Waals surface area contributed by atoms with Gasteiger partial charge >= 0.3 is 5.97 Å². The van der Waals surface area contributed by atoms with Crippen LogP contribution in [-0.4, -0.2) is 5.97 Å². The molecule has 0 N–H and O–H groups in total. The summed E-state index contributed by atoms with van der Waals surface area (Å²) in [6.07, 6.45) is 3.55. The van der Waals surface area contributed by atoms with Crippen LogP contribution in [0.4, 0.5) is 0 Å². The van der Waals surface area contributed by atoms with Gasteiger partial charge in [0.2, 0.25) is 0 Å². The molecule has 1 fully saturated rings. The number of rotatable bonds is 3. The summed E-state index contributed by atoms with van der Waals surface area (Å²) in [5.41, 5.74) is 0. The molecule has 1 aliphatic rings. The number of hydrogen-bond acceptors (Lipinski definition) is 1. The molecule has 0 aromatic heterocycles. The Hall–Kier alpha value is -0.530. The van der Waals surface area contributed by atoms with Crippen molar-refractivity contribution in [1.82, 2.24) is 0 Å². The molecule has 1 saturated carbocycles. The summed E-state index contributed by atoms with van der Waals surface area (Å²) in [5.74, 6) is -0.190. The Morgan fingerprint density at radius 1 is 1.50 bits per heavy atom. The number of hydrogen-bond donors (Lipinski definition) is 0. The van der Waals surface area contributed by atoms with Crippen molar-refractivity contribution >= 4 is 5.97 Å². The molecule has 0 bridgehead atoms. The molecular formula is C6H9O2. The highest BCUT2D eigenvalue weighted by Crippen LogP contribution is 2.33. The quantitative estimate of drug-likeness (QED) is 0.540. The standard InChI is InChI=1S/C6H9O2/c7-6(8)4-3-5-1-2-5/h5H,1-4H2. The van der Waals surface area contributed by atoms with Gasteiger partial charge in [-0.2, -0.15) is 0 Å². The lowest BCUT2D eigenvalue weighted by Gasteiger charge is -1.85. The van der Waals surface area contributed by atoms with E-state index in [4.69, 9.17) is 0 Å². The van der Waals surface area contributed by atoms with Crippen LogP contribution in [-0.2, 0) is 9.90 Å². The third kappa shape index (κ3) is 1.96. The average molecular weight is 113 g/mol. The Morgan fingerprint density at radius 3 is 2.50 bits per heavy atom. The first-order valence-electron chi connectivity index (χ1n) is 2.99. The molecule has 0 aromatic carbocycles. The van der Waals surface area contributed by atoms with Crippen LogP contribution in [0.2, 0.25) is 0 Å². The third-order valence-electron chi connectivity index (χ3n) is 1.45. The summed E-state index contributed by atoms with van der Waals surface area (Å²) in [4.78, 5) is 9.82. The first-order chi connectivity index (χ1) is 3.79. The zero-order chi connectivity index (χ0) is 5.98. The van der Waals surface area contributed by atoms with Crippen LogP contribution in [0.5, 0.6) is 0 Å². The molecule has 2 heteroatoms. The summed E-state index contributed by atoms with van der Waals surface area (Å²) in [7, 11) is 0. The van der Waals surface area contributed by atoms with Crippen LogP contribution < -0.4 is 0 Å². The number of carbonyl (C=O) groups is 1. The largest absolute Gasteiger partial charge is 0.355 e. The van der Waals surface area contributed by atoms with E-state index in [1.54, 1.807) is 0 Å². The predicted molar refractivity (Wildman–Crippen MR) is 27.7 cm³/mol. The molecule has 0 aromatic rings. The monoisotopic (exact) mass is 113 g/mol. The fraction of sp³-hybridized carbons (Fsp3) is 0.833. The van der Waals surface area contributed by atoms with E-state index < -0.39 is 5.97 Å². The topological polar surface area (TPSA) is 37.0 Å². The van der Waals surface area contributed by atoms with Crippen molar-refractivity contribution in [3.8, 4) is 0 Å². The van der Waals surface area contributed by atoms with E-state index in [1.165, 1.54) is 12.8 Å². The Balaban J connectivity index is 1.95. The van der Waals surface area contributed by atoms with Crippen LogP contribution in [0.3, 0.4) is 0 Å². The van der Waals surface area contributed by atoms with Gasteiger partial charge < -0.3 is 0 Å². The Morgan fingerprint density at radius 2 is 2.12 bits per heavy atom. The molecule has 0 saturated heterocycles. The maximum absolute atomic E-state index is 9.82. The molecule has 0 aliphatic heterocycles. The Kier molecular flexibility index (Phi) is 1.51. The maximum atomic E-state index is 9.82. The second-order valence-electron chi connectivity index (χ2n) is 2.35. The molecule has 45 valence electrons. The minimum Gasteiger partial charge on any atom is -0.247 e. The first kappa shape index (κ1) is 5.60. The van der Waals surface area contributed by atoms with E-state index in [2.05, 4.69) is 0 Å². The highest BCUT2D eigenvalue weighted by Gasteiger charge is 2.21. The van der Waals surface area contributed by atoms with E-state index in [0.29, 0.717) is 5.92 Å². The van der Waals surface area contributed by atoms with Crippen molar-refractivity contribution in [2.24, 2.45) is 5.92 Å². The smallest absolute Gasteiger partial charge is 0.247 e. The van der Waals surface area contributed by atoms with Crippen LogP contribution in [0.15, 0.2) is 0 Å². The molecule has 0 amide bonds. The van der Waals surface area contributed by atoms with Crippen molar-refractivity contribution in [3.63, 3.8) is 0 Å². The fourth-order valence-corrected chi connectivity index (χ4v) is 0.729. The molecule has 2 nitrogen and oxygen atoms in total. The third-order valence-corrected chi connectivity index (χ3v) is 1.45. The molecule has 1 aliphatic carbocycles. The number of carbonyl (C=O) groups excluding carboxylic acids is 1. The van der Waals surface area contributed by atoms with E-state index in [0.717, 1.165) is 6.42 Å². The van der Waals surface area contributed by atoms with Gasteiger partial charge in [0.25, 0.3) is 0 Å². The van der Waals surface area contributed by atoms with E-state index in [-0.39, 0.29) is 6.42 Å². The molecule has 0 unspecified atom stereocenters. The summed E-state index contributed by atoms with van der Waals surface area (Å²) < 4.78 is 0. The van der Waals surface area contributed by atoms with E-state index in [9.17, 15) is 9.90 Å². The van der Waals surface area contributed by atoms with Crippen molar-refractivity contribution in [1.29, 1.82) is 0 Å². The minimum atomic E-state index is -0.906. The van der Waals surface area contributed by atoms with Gasteiger partial charge in [-0.15, -0.1) is 0 Å². The first-order valence-corrected chi connectivity index (χ1v) is 2.99. The zero-order valence-electron chi connectivity index (χ0n) is 4.72. The van der Waals surface area contributed by atoms with Gasteiger partial charge in [-0.25, -0.2) is 9.90 Å². The summed E-state index contributed by atoms with van der Waals surface area (Å²) in [6, 6.07) is 0.